The largest absolute Gasteiger partial charge is 0.369 e. The zero-order chi connectivity index (χ0) is 11.9. The summed E-state index contributed by atoms with van der Waals surface area (Å²) in [7, 11) is 0. The summed E-state index contributed by atoms with van der Waals surface area (Å²) >= 11 is 5.87. The van der Waals surface area contributed by atoms with E-state index >= 15 is 0 Å². The molecule has 0 bridgehead atoms. The lowest BCUT2D eigenvalue weighted by Gasteiger charge is -2.14. The van der Waals surface area contributed by atoms with Crippen molar-refractivity contribution in [3.05, 3.63) is 28.8 Å². The van der Waals surface area contributed by atoms with E-state index in [1.165, 1.54) is 0 Å². The Labute approximate surface area is 97.8 Å². The van der Waals surface area contributed by atoms with Crippen LogP contribution >= 0.6 is 11.6 Å². The van der Waals surface area contributed by atoms with Gasteiger partial charge >= 0.3 is 0 Å². The van der Waals surface area contributed by atoms with Crippen LogP contribution < -0.4 is 11.1 Å². The van der Waals surface area contributed by atoms with E-state index in [4.69, 9.17) is 17.3 Å². The van der Waals surface area contributed by atoms with E-state index in [2.05, 4.69) is 5.32 Å². The van der Waals surface area contributed by atoms with Crippen LogP contribution in [-0.4, -0.2) is 11.8 Å². The fourth-order valence-corrected chi connectivity index (χ4v) is 2.10. The van der Waals surface area contributed by atoms with Crippen molar-refractivity contribution in [2.75, 3.05) is 5.32 Å². The summed E-state index contributed by atoms with van der Waals surface area (Å²) < 4.78 is 0. The maximum absolute atomic E-state index is 11.7. The zero-order valence-electron chi connectivity index (χ0n) is 8.66. The molecule has 2 amide bonds. The highest BCUT2D eigenvalue weighted by Gasteiger charge is 2.37. The first-order chi connectivity index (χ1) is 7.50. The molecule has 1 heterocycles. The third-order valence-electron chi connectivity index (χ3n) is 2.84. The van der Waals surface area contributed by atoms with E-state index < -0.39 is 17.7 Å². The van der Waals surface area contributed by atoms with Gasteiger partial charge in [0.1, 0.15) is 0 Å². The summed E-state index contributed by atoms with van der Waals surface area (Å²) in [5.41, 5.74) is 6.66. The third kappa shape index (κ3) is 1.65. The monoisotopic (exact) mass is 238 g/mol. The number of halogens is 1. The zero-order valence-corrected chi connectivity index (χ0v) is 9.41. The number of benzene rings is 1. The van der Waals surface area contributed by atoms with Gasteiger partial charge in [-0.2, -0.15) is 0 Å². The minimum Gasteiger partial charge on any atom is -0.369 e. The van der Waals surface area contributed by atoms with Crippen LogP contribution in [0.25, 0.3) is 0 Å². The number of nitrogens with one attached hydrogen (secondary N) is 1. The summed E-state index contributed by atoms with van der Waals surface area (Å²) in [5.74, 6) is -1.78. The lowest BCUT2D eigenvalue weighted by atomic mass is 9.88. The molecule has 1 aliphatic heterocycles. The molecular formula is C11H11ClN2O2. The number of primary amides is 1. The smallest absolute Gasteiger partial charge is 0.232 e. The molecule has 0 fully saturated rings. The van der Waals surface area contributed by atoms with Gasteiger partial charge in [0, 0.05) is 10.7 Å². The van der Waals surface area contributed by atoms with Gasteiger partial charge in [-0.25, -0.2) is 0 Å². The number of rotatable bonds is 2. The first-order valence-corrected chi connectivity index (χ1v) is 5.28. The van der Waals surface area contributed by atoms with Crippen LogP contribution in [0, 0.1) is 5.92 Å². The molecule has 0 radical (unpaired) electrons. The number of hydrogen-bond acceptors (Lipinski definition) is 2. The Hall–Kier alpha value is -1.55. The van der Waals surface area contributed by atoms with Crippen molar-refractivity contribution < 1.29 is 9.59 Å². The molecular weight excluding hydrogens is 228 g/mol. The molecule has 1 aromatic rings. The molecule has 2 unspecified atom stereocenters. The van der Waals surface area contributed by atoms with Crippen LogP contribution in [0.3, 0.4) is 0 Å². The summed E-state index contributed by atoms with van der Waals surface area (Å²) in [5, 5.41) is 3.24. The topological polar surface area (TPSA) is 72.2 Å². The maximum Gasteiger partial charge on any atom is 0.232 e. The normalized spacial score (nSPS) is 20.1. The third-order valence-corrected chi connectivity index (χ3v) is 3.07. The molecule has 3 N–H and O–H groups in total. The highest BCUT2D eigenvalue weighted by Crippen LogP contribution is 2.38. The molecule has 2 atom stereocenters. The van der Waals surface area contributed by atoms with E-state index in [9.17, 15) is 9.59 Å². The first-order valence-electron chi connectivity index (χ1n) is 4.90. The molecule has 4 nitrogen and oxygen atoms in total. The van der Waals surface area contributed by atoms with Gasteiger partial charge in [-0.15, -0.1) is 0 Å². The Morgan fingerprint density at radius 3 is 2.88 bits per heavy atom. The van der Waals surface area contributed by atoms with Crippen LogP contribution in [0.1, 0.15) is 18.4 Å². The molecule has 0 aliphatic carbocycles. The fourth-order valence-electron chi connectivity index (χ4n) is 1.92. The van der Waals surface area contributed by atoms with Crippen LogP contribution in [-0.2, 0) is 9.59 Å². The van der Waals surface area contributed by atoms with E-state index in [1.807, 2.05) is 0 Å². The van der Waals surface area contributed by atoms with Gasteiger partial charge in [0.05, 0.1) is 11.8 Å². The standard InChI is InChI=1S/C11H11ClN2O2/c1-5(10(13)15)9-7-4-6(12)2-3-8(7)14-11(9)16/h2-5,9H,1H3,(H2,13,15)(H,14,16). The van der Waals surface area contributed by atoms with Crippen molar-refractivity contribution in [2.24, 2.45) is 11.7 Å². The molecule has 0 spiro atoms. The molecule has 84 valence electrons. The van der Waals surface area contributed by atoms with Gasteiger partial charge in [-0.1, -0.05) is 18.5 Å². The molecule has 0 saturated heterocycles. The Morgan fingerprint density at radius 1 is 1.56 bits per heavy atom. The summed E-state index contributed by atoms with van der Waals surface area (Å²) in [4.78, 5) is 22.9. The molecule has 1 aromatic carbocycles. The quantitative estimate of drug-likeness (QED) is 0.820. The van der Waals surface area contributed by atoms with Gasteiger partial charge in [-0.3, -0.25) is 9.59 Å². The summed E-state index contributed by atoms with van der Waals surface area (Å²) in [6.07, 6.45) is 0. The lowest BCUT2D eigenvalue weighted by Crippen LogP contribution is -2.30. The summed E-state index contributed by atoms with van der Waals surface area (Å²) in [6.45, 7) is 1.64. The number of hydrogen-bond donors (Lipinski definition) is 2. The van der Waals surface area contributed by atoms with E-state index in [1.54, 1.807) is 25.1 Å². The Balaban J connectivity index is 2.46. The van der Waals surface area contributed by atoms with Gasteiger partial charge < -0.3 is 11.1 Å². The maximum atomic E-state index is 11.7. The Morgan fingerprint density at radius 2 is 2.25 bits per heavy atom. The summed E-state index contributed by atoms with van der Waals surface area (Å²) in [6, 6.07) is 5.11. The number of nitrogens with two attached hydrogens (primary N) is 1. The number of amides is 2. The van der Waals surface area contributed by atoms with Crippen molar-refractivity contribution in [1.29, 1.82) is 0 Å². The fraction of sp³-hybridized carbons (Fsp3) is 0.273. The van der Waals surface area contributed by atoms with Gasteiger partial charge in [0.2, 0.25) is 11.8 Å². The van der Waals surface area contributed by atoms with E-state index in [-0.39, 0.29) is 5.91 Å². The van der Waals surface area contributed by atoms with Crippen LogP contribution in [0.2, 0.25) is 5.02 Å². The van der Waals surface area contributed by atoms with E-state index in [0.29, 0.717) is 10.7 Å². The molecule has 2 rings (SSSR count). The highest BCUT2D eigenvalue weighted by molar-refractivity contribution is 6.31. The second-order valence-electron chi connectivity index (χ2n) is 3.89. The van der Waals surface area contributed by atoms with E-state index in [0.717, 1.165) is 5.56 Å². The average molecular weight is 239 g/mol. The first kappa shape index (κ1) is 11.0. The van der Waals surface area contributed by atoms with Crippen molar-refractivity contribution in [3.8, 4) is 0 Å². The van der Waals surface area contributed by atoms with Crippen molar-refractivity contribution in [2.45, 2.75) is 12.8 Å². The molecule has 0 saturated carbocycles. The minimum atomic E-state index is -0.542. The molecule has 0 aromatic heterocycles. The van der Waals surface area contributed by atoms with Crippen LogP contribution in [0.5, 0.6) is 0 Å². The Kier molecular flexibility index (Phi) is 2.59. The second kappa shape index (κ2) is 3.79. The van der Waals surface area contributed by atoms with Crippen molar-refractivity contribution in [3.63, 3.8) is 0 Å². The second-order valence-corrected chi connectivity index (χ2v) is 4.33. The van der Waals surface area contributed by atoms with Crippen molar-refractivity contribution in [1.82, 2.24) is 0 Å². The number of carbonyl (C=O) groups is 2. The minimum absolute atomic E-state index is 0.205. The number of carbonyl (C=O) groups excluding carboxylic acids is 2. The predicted octanol–water partition coefficient (Wildman–Crippen LogP) is 1.50. The predicted molar refractivity (Wildman–Crippen MR) is 61.2 cm³/mol. The molecule has 1 aliphatic rings. The highest BCUT2D eigenvalue weighted by atomic mass is 35.5. The van der Waals surface area contributed by atoms with Gasteiger partial charge in [-0.05, 0) is 23.8 Å². The SMILES string of the molecule is CC(C(N)=O)C1C(=O)Nc2ccc(Cl)cc21. The van der Waals surface area contributed by atoms with Gasteiger partial charge in [0.25, 0.3) is 0 Å². The van der Waals surface area contributed by atoms with Crippen molar-refractivity contribution >= 4 is 29.1 Å². The molecule has 5 heteroatoms. The van der Waals surface area contributed by atoms with Crippen LogP contribution in [0.15, 0.2) is 18.2 Å². The number of fused-ring (bicyclic) bond motifs is 1. The number of anilines is 1. The van der Waals surface area contributed by atoms with Crippen LogP contribution in [0.4, 0.5) is 5.69 Å². The average Bonchev–Trinajstić information content (AvgIpc) is 2.52. The molecule has 16 heavy (non-hydrogen) atoms. The Bertz CT molecular complexity index is 473. The lowest BCUT2D eigenvalue weighted by molar-refractivity contribution is -0.126. The van der Waals surface area contributed by atoms with Gasteiger partial charge in [0.15, 0.2) is 0 Å².